The summed E-state index contributed by atoms with van der Waals surface area (Å²) >= 11 is 0. The van der Waals surface area contributed by atoms with E-state index in [-0.39, 0.29) is 0 Å². The van der Waals surface area contributed by atoms with Crippen molar-refractivity contribution in [3.8, 4) is 0 Å². The second-order valence-electron chi connectivity index (χ2n) is 5.93. The summed E-state index contributed by atoms with van der Waals surface area (Å²) in [4.78, 5) is 18.6. The lowest BCUT2D eigenvalue weighted by Gasteiger charge is -2.37. The zero-order chi connectivity index (χ0) is 13.9. The molecule has 5 heteroatoms. The first-order chi connectivity index (χ1) is 9.08. The van der Waals surface area contributed by atoms with Crippen molar-refractivity contribution in [2.75, 3.05) is 52.9 Å². The summed E-state index contributed by atoms with van der Waals surface area (Å²) in [5.74, 6) is -0.633. The number of piperazine rings is 1. The van der Waals surface area contributed by atoms with Gasteiger partial charge in [-0.3, -0.25) is 14.6 Å². The van der Waals surface area contributed by atoms with Crippen LogP contribution >= 0.6 is 0 Å². The first-order valence-corrected chi connectivity index (χ1v) is 7.48. The molecule has 0 saturated carbocycles. The van der Waals surface area contributed by atoms with Gasteiger partial charge in [0.2, 0.25) is 0 Å². The second-order valence-corrected chi connectivity index (χ2v) is 5.93. The van der Waals surface area contributed by atoms with E-state index in [1.165, 1.54) is 0 Å². The number of rotatable bonds is 5. The molecule has 5 nitrogen and oxygen atoms in total. The van der Waals surface area contributed by atoms with Crippen LogP contribution in [0, 0.1) is 0 Å². The molecule has 0 spiro atoms. The Hall–Kier alpha value is -0.650. The minimum absolute atomic E-state index is 0.591. The third-order valence-corrected chi connectivity index (χ3v) is 4.89. The van der Waals surface area contributed by atoms with Crippen molar-refractivity contribution in [1.29, 1.82) is 0 Å². The number of hydrogen-bond donors (Lipinski definition) is 1. The maximum absolute atomic E-state index is 11.6. The number of likely N-dealkylation sites (tertiary alicyclic amines) is 1. The molecule has 1 unspecified atom stereocenters. The molecule has 19 heavy (non-hydrogen) atoms. The van der Waals surface area contributed by atoms with E-state index < -0.39 is 11.5 Å². The summed E-state index contributed by atoms with van der Waals surface area (Å²) in [6, 6.07) is 0. The van der Waals surface area contributed by atoms with E-state index in [4.69, 9.17) is 0 Å². The fourth-order valence-corrected chi connectivity index (χ4v) is 3.39. The molecule has 0 radical (unpaired) electrons. The lowest BCUT2D eigenvalue weighted by Crippen LogP contribution is -2.53. The quantitative estimate of drug-likeness (QED) is 0.790. The number of carboxylic acids is 1. The van der Waals surface area contributed by atoms with Crippen molar-refractivity contribution in [3.63, 3.8) is 0 Å². The summed E-state index contributed by atoms with van der Waals surface area (Å²) in [5.41, 5.74) is -0.591. The summed E-state index contributed by atoms with van der Waals surface area (Å²) in [7, 11) is 2.16. The predicted molar refractivity (Wildman–Crippen MR) is 75.4 cm³/mol. The highest BCUT2D eigenvalue weighted by atomic mass is 16.4. The molecule has 0 bridgehead atoms. The fraction of sp³-hybridized carbons (Fsp3) is 0.929. The van der Waals surface area contributed by atoms with Crippen LogP contribution in [0.2, 0.25) is 0 Å². The normalized spacial score (nSPS) is 30.8. The Bertz CT molecular complexity index is 316. The molecule has 0 aromatic rings. The largest absolute Gasteiger partial charge is 0.480 e. The van der Waals surface area contributed by atoms with E-state index in [9.17, 15) is 9.90 Å². The highest BCUT2D eigenvalue weighted by molar-refractivity contribution is 5.79. The van der Waals surface area contributed by atoms with Gasteiger partial charge in [-0.2, -0.15) is 0 Å². The Morgan fingerprint density at radius 1 is 1.16 bits per heavy atom. The second kappa shape index (κ2) is 6.20. The average Bonchev–Trinajstić information content (AvgIpc) is 2.82. The van der Waals surface area contributed by atoms with Crippen LogP contribution < -0.4 is 0 Å². The van der Waals surface area contributed by atoms with E-state index in [1.54, 1.807) is 0 Å². The van der Waals surface area contributed by atoms with E-state index in [0.717, 1.165) is 58.7 Å². The van der Waals surface area contributed by atoms with Crippen molar-refractivity contribution in [1.82, 2.24) is 14.7 Å². The molecule has 1 N–H and O–H groups in total. The third-order valence-electron chi connectivity index (χ3n) is 4.89. The van der Waals surface area contributed by atoms with Crippen LogP contribution in [0.5, 0.6) is 0 Å². The number of carbonyl (C=O) groups is 1. The third kappa shape index (κ3) is 3.09. The van der Waals surface area contributed by atoms with Gasteiger partial charge >= 0.3 is 5.97 Å². The van der Waals surface area contributed by atoms with Gasteiger partial charge in [0.15, 0.2) is 0 Å². The molecule has 2 heterocycles. The molecule has 2 saturated heterocycles. The van der Waals surface area contributed by atoms with Gasteiger partial charge in [0.1, 0.15) is 5.54 Å². The van der Waals surface area contributed by atoms with Crippen molar-refractivity contribution >= 4 is 5.97 Å². The standard InChI is InChI=1S/C14H27N3O2/c1-3-14(13(18)19)5-4-6-17(14)12-11-16-9-7-15(2)8-10-16/h3-12H2,1-2H3,(H,18,19). The topological polar surface area (TPSA) is 47.0 Å². The number of carboxylic acid groups (broad SMARTS) is 1. The van der Waals surface area contributed by atoms with Crippen LogP contribution in [-0.4, -0.2) is 84.2 Å². The average molecular weight is 269 g/mol. The van der Waals surface area contributed by atoms with E-state index in [1.807, 2.05) is 6.92 Å². The van der Waals surface area contributed by atoms with Crippen LogP contribution in [0.15, 0.2) is 0 Å². The summed E-state index contributed by atoms with van der Waals surface area (Å²) in [6.45, 7) is 9.30. The predicted octanol–water partition coefficient (Wildman–Crippen LogP) is 0.563. The number of nitrogens with zero attached hydrogens (tertiary/aromatic N) is 3. The summed E-state index contributed by atoms with van der Waals surface area (Å²) < 4.78 is 0. The molecule has 0 amide bonds. The molecule has 0 aliphatic carbocycles. The minimum atomic E-state index is -0.633. The first-order valence-electron chi connectivity index (χ1n) is 7.48. The zero-order valence-corrected chi connectivity index (χ0v) is 12.3. The van der Waals surface area contributed by atoms with Gasteiger partial charge in [-0.15, -0.1) is 0 Å². The van der Waals surface area contributed by atoms with Crippen LogP contribution in [0.1, 0.15) is 26.2 Å². The minimum Gasteiger partial charge on any atom is -0.480 e. The fourth-order valence-electron chi connectivity index (χ4n) is 3.39. The lowest BCUT2D eigenvalue weighted by molar-refractivity contribution is -0.150. The monoisotopic (exact) mass is 269 g/mol. The van der Waals surface area contributed by atoms with E-state index >= 15 is 0 Å². The lowest BCUT2D eigenvalue weighted by atomic mass is 9.93. The van der Waals surface area contributed by atoms with E-state index in [2.05, 4.69) is 21.7 Å². The highest BCUT2D eigenvalue weighted by Gasteiger charge is 2.45. The zero-order valence-electron chi connectivity index (χ0n) is 12.3. The van der Waals surface area contributed by atoms with Crippen molar-refractivity contribution in [2.45, 2.75) is 31.7 Å². The summed E-state index contributed by atoms with van der Waals surface area (Å²) in [6.07, 6.45) is 2.54. The Balaban J connectivity index is 1.86. The van der Waals surface area contributed by atoms with E-state index in [0.29, 0.717) is 6.42 Å². The van der Waals surface area contributed by atoms with Crippen molar-refractivity contribution in [3.05, 3.63) is 0 Å². The maximum Gasteiger partial charge on any atom is 0.324 e. The highest BCUT2D eigenvalue weighted by Crippen LogP contribution is 2.32. The Labute approximate surface area is 116 Å². The number of aliphatic carboxylic acids is 1. The van der Waals surface area contributed by atoms with Gasteiger partial charge < -0.3 is 10.0 Å². The number of likely N-dealkylation sites (N-methyl/N-ethyl adjacent to an activating group) is 1. The van der Waals surface area contributed by atoms with Crippen LogP contribution in [0.3, 0.4) is 0 Å². The maximum atomic E-state index is 11.6. The smallest absolute Gasteiger partial charge is 0.324 e. The molecule has 0 aromatic carbocycles. The number of hydrogen-bond acceptors (Lipinski definition) is 4. The van der Waals surface area contributed by atoms with Crippen LogP contribution in [0.4, 0.5) is 0 Å². The van der Waals surface area contributed by atoms with Crippen LogP contribution in [0.25, 0.3) is 0 Å². The van der Waals surface area contributed by atoms with Gasteiger partial charge in [-0.05, 0) is 32.9 Å². The Morgan fingerprint density at radius 3 is 2.42 bits per heavy atom. The van der Waals surface area contributed by atoms with Crippen LogP contribution in [-0.2, 0) is 4.79 Å². The van der Waals surface area contributed by atoms with Gasteiger partial charge in [-0.1, -0.05) is 6.92 Å². The van der Waals surface area contributed by atoms with Gasteiger partial charge in [0.25, 0.3) is 0 Å². The summed E-state index contributed by atoms with van der Waals surface area (Å²) in [5, 5.41) is 9.54. The van der Waals surface area contributed by atoms with Gasteiger partial charge in [-0.25, -0.2) is 0 Å². The van der Waals surface area contributed by atoms with Crippen molar-refractivity contribution < 1.29 is 9.90 Å². The molecule has 2 aliphatic heterocycles. The molecule has 0 aromatic heterocycles. The van der Waals surface area contributed by atoms with Gasteiger partial charge in [0.05, 0.1) is 0 Å². The Morgan fingerprint density at radius 2 is 1.84 bits per heavy atom. The molecular weight excluding hydrogens is 242 g/mol. The molecule has 2 aliphatic rings. The molecule has 2 rings (SSSR count). The Kier molecular flexibility index (Phi) is 4.81. The molecule has 110 valence electrons. The van der Waals surface area contributed by atoms with Gasteiger partial charge in [0, 0.05) is 39.3 Å². The first kappa shape index (κ1) is 14.8. The SMILES string of the molecule is CCC1(C(=O)O)CCCN1CCN1CCN(C)CC1. The molecule has 2 fully saturated rings. The van der Waals surface area contributed by atoms with Crippen molar-refractivity contribution in [2.24, 2.45) is 0 Å². The molecular formula is C14H27N3O2. The molecule has 1 atom stereocenters.